The van der Waals surface area contributed by atoms with Gasteiger partial charge in [0, 0.05) is 28.8 Å². The van der Waals surface area contributed by atoms with E-state index in [0.717, 1.165) is 43.7 Å². The second kappa shape index (κ2) is 8.02. The molecule has 0 aliphatic rings. The maximum Gasteiger partial charge on any atom is 0.175 e. The van der Waals surface area contributed by atoms with E-state index in [1.165, 1.54) is 17.4 Å². The van der Waals surface area contributed by atoms with Crippen LogP contribution in [0.15, 0.2) is 59.5 Å². The summed E-state index contributed by atoms with van der Waals surface area (Å²) >= 11 is 1.61. The van der Waals surface area contributed by atoms with E-state index in [2.05, 4.69) is 49.2 Å². The summed E-state index contributed by atoms with van der Waals surface area (Å²) < 4.78 is 23.6. The summed E-state index contributed by atoms with van der Waals surface area (Å²) in [5, 5.41) is 0.858. The molecule has 31 heavy (non-hydrogen) atoms. The van der Waals surface area contributed by atoms with Crippen LogP contribution in [-0.4, -0.2) is 24.6 Å². The minimum atomic E-state index is -3.23. The summed E-state index contributed by atoms with van der Waals surface area (Å²) in [6, 6.07) is 17.6. The Morgan fingerprint density at radius 1 is 0.710 bits per heavy atom. The smallest absolute Gasteiger partial charge is 0.175 e. The number of aryl methyl sites for hydroxylation is 4. The third-order valence-electron chi connectivity index (χ3n) is 5.00. The zero-order valence-corrected chi connectivity index (χ0v) is 19.9. The Bertz CT molecular complexity index is 1280. The lowest BCUT2D eigenvalue weighted by atomic mass is 10.0. The molecule has 0 bridgehead atoms. The number of hydrogen-bond donors (Lipinski definition) is 0. The molecule has 0 fully saturated rings. The van der Waals surface area contributed by atoms with Crippen LogP contribution in [-0.2, 0) is 9.84 Å². The minimum absolute atomic E-state index is 0.308. The molecular formula is C25H24N2O2S2. The molecule has 0 unspecified atom stereocenters. The van der Waals surface area contributed by atoms with E-state index in [9.17, 15) is 8.42 Å². The molecule has 0 saturated heterocycles. The van der Waals surface area contributed by atoms with Gasteiger partial charge in [0.05, 0.1) is 15.5 Å². The van der Waals surface area contributed by atoms with E-state index in [1.54, 1.807) is 23.5 Å². The molecule has 0 aliphatic carbocycles. The van der Waals surface area contributed by atoms with E-state index in [4.69, 9.17) is 4.98 Å². The first-order chi connectivity index (χ1) is 14.6. The summed E-state index contributed by atoms with van der Waals surface area (Å²) in [7, 11) is -3.23. The van der Waals surface area contributed by atoms with Gasteiger partial charge in [0.2, 0.25) is 0 Å². The van der Waals surface area contributed by atoms with Crippen LogP contribution in [0, 0.1) is 27.7 Å². The zero-order chi connectivity index (χ0) is 22.3. The van der Waals surface area contributed by atoms with Crippen LogP contribution in [0.2, 0.25) is 0 Å². The molecule has 6 heteroatoms. The van der Waals surface area contributed by atoms with Crippen LogP contribution in [0.4, 0.5) is 0 Å². The molecule has 0 atom stereocenters. The van der Waals surface area contributed by atoms with Gasteiger partial charge in [0.25, 0.3) is 0 Å². The topological polar surface area (TPSA) is 59.9 Å². The molecule has 0 saturated carbocycles. The fraction of sp³-hybridized carbons (Fsp3) is 0.200. The lowest BCUT2D eigenvalue weighted by Crippen LogP contribution is -1.96. The van der Waals surface area contributed by atoms with Gasteiger partial charge in [0.1, 0.15) is 5.01 Å². The highest BCUT2D eigenvalue weighted by atomic mass is 32.2. The van der Waals surface area contributed by atoms with Gasteiger partial charge in [-0.1, -0.05) is 29.3 Å². The van der Waals surface area contributed by atoms with Gasteiger partial charge in [0.15, 0.2) is 9.84 Å². The SMILES string of the molecule is Cc1cc(C)cc(-c2nc(-c3ccc(S(C)(=O)=O)cc3)sc2-c2cc(C)nc(C)c2)c1. The summed E-state index contributed by atoms with van der Waals surface area (Å²) in [4.78, 5) is 10.9. The Kier molecular flexibility index (Phi) is 5.54. The van der Waals surface area contributed by atoms with Crippen molar-refractivity contribution in [3.63, 3.8) is 0 Å². The molecule has 0 aliphatic heterocycles. The Hall–Kier alpha value is -2.83. The molecule has 0 spiro atoms. The highest BCUT2D eigenvalue weighted by Crippen LogP contribution is 2.41. The van der Waals surface area contributed by atoms with Gasteiger partial charge >= 0.3 is 0 Å². The lowest BCUT2D eigenvalue weighted by molar-refractivity contribution is 0.602. The molecule has 4 rings (SSSR count). The largest absolute Gasteiger partial charge is 0.258 e. The lowest BCUT2D eigenvalue weighted by Gasteiger charge is -2.07. The Morgan fingerprint density at radius 2 is 1.29 bits per heavy atom. The first-order valence-electron chi connectivity index (χ1n) is 9.96. The van der Waals surface area contributed by atoms with Crippen molar-refractivity contribution in [1.29, 1.82) is 0 Å². The number of pyridine rings is 1. The van der Waals surface area contributed by atoms with Crippen LogP contribution in [0.25, 0.3) is 32.3 Å². The number of hydrogen-bond acceptors (Lipinski definition) is 5. The van der Waals surface area contributed by atoms with E-state index in [1.807, 2.05) is 26.0 Å². The standard InChI is InChI=1S/C25H24N2O2S2/c1-15-10-16(2)12-20(11-15)23-24(21-13-17(3)26-18(4)14-21)30-25(27-23)19-6-8-22(9-7-19)31(5,28)29/h6-14H,1-5H3. The average molecular weight is 449 g/mol. The number of benzene rings is 2. The van der Waals surface area contributed by atoms with Gasteiger partial charge < -0.3 is 0 Å². The highest BCUT2D eigenvalue weighted by Gasteiger charge is 2.18. The molecule has 2 aromatic carbocycles. The van der Waals surface area contributed by atoms with Crippen molar-refractivity contribution >= 4 is 21.2 Å². The van der Waals surface area contributed by atoms with Crippen LogP contribution >= 0.6 is 11.3 Å². The third-order valence-corrected chi connectivity index (χ3v) is 7.28. The second-order valence-corrected chi connectivity index (χ2v) is 11.0. The van der Waals surface area contributed by atoms with Crippen LogP contribution in [0.5, 0.6) is 0 Å². The summed E-state index contributed by atoms with van der Waals surface area (Å²) in [5.41, 5.74) is 8.32. The number of aromatic nitrogens is 2. The van der Waals surface area contributed by atoms with Gasteiger partial charge in [-0.2, -0.15) is 0 Å². The monoisotopic (exact) mass is 448 g/mol. The van der Waals surface area contributed by atoms with Crippen molar-refractivity contribution in [3.05, 3.63) is 77.1 Å². The number of thiazole rings is 1. The van der Waals surface area contributed by atoms with Crippen LogP contribution < -0.4 is 0 Å². The van der Waals surface area contributed by atoms with Crippen LogP contribution in [0.1, 0.15) is 22.5 Å². The van der Waals surface area contributed by atoms with Crippen molar-refractivity contribution in [1.82, 2.24) is 9.97 Å². The Morgan fingerprint density at radius 3 is 1.84 bits per heavy atom. The van der Waals surface area contributed by atoms with Crippen LogP contribution in [0.3, 0.4) is 0 Å². The van der Waals surface area contributed by atoms with Gasteiger partial charge in [-0.15, -0.1) is 11.3 Å². The zero-order valence-electron chi connectivity index (χ0n) is 18.2. The molecule has 0 N–H and O–H groups in total. The maximum absolute atomic E-state index is 11.8. The highest BCUT2D eigenvalue weighted by molar-refractivity contribution is 7.90. The Labute approximate surface area is 187 Å². The summed E-state index contributed by atoms with van der Waals surface area (Å²) in [6.07, 6.45) is 1.22. The maximum atomic E-state index is 11.8. The van der Waals surface area contributed by atoms with Crippen molar-refractivity contribution in [3.8, 4) is 32.3 Å². The fourth-order valence-corrected chi connectivity index (χ4v) is 5.47. The van der Waals surface area contributed by atoms with Crippen molar-refractivity contribution in [2.75, 3.05) is 6.26 Å². The first kappa shape index (κ1) is 21.4. The summed E-state index contributed by atoms with van der Waals surface area (Å²) in [5.74, 6) is 0. The normalized spacial score (nSPS) is 11.6. The average Bonchev–Trinajstić information content (AvgIpc) is 3.11. The van der Waals surface area contributed by atoms with Crippen molar-refractivity contribution in [2.45, 2.75) is 32.6 Å². The molecule has 158 valence electrons. The predicted octanol–water partition coefficient (Wildman–Crippen LogP) is 6.18. The van der Waals surface area contributed by atoms with Crippen molar-refractivity contribution in [2.24, 2.45) is 0 Å². The van der Waals surface area contributed by atoms with Gasteiger partial charge in [-0.25, -0.2) is 13.4 Å². The van der Waals surface area contributed by atoms with E-state index in [0.29, 0.717) is 4.90 Å². The molecular weight excluding hydrogens is 424 g/mol. The molecule has 4 nitrogen and oxygen atoms in total. The molecule has 0 radical (unpaired) electrons. The van der Waals surface area contributed by atoms with E-state index < -0.39 is 9.84 Å². The number of rotatable bonds is 4. The minimum Gasteiger partial charge on any atom is -0.258 e. The number of sulfone groups is 1. The molecule has 2 heterocycles. The quantitative estimate of drug-likeness (QED) is 0.374. The molecule has 4 aromatic rings. The second-order valence-electron chi connectivity index (χ2n) is 8.01. The summed E-state index contributed by atoms with van der Waals surface area (Å²) in [6.45, 7) is 8.18. The van der Waals surface area contributed by atoms with Gasteiger partial charge in [-0.05, 0) is 69.7 Å². The van der Waals surface area contributed by atoms with E-state index >= 15 is 0 Å². The third kappa shape index (κ3) is 4.60. The fourth-order valence-electron chi connectivity index (χ4n) is 3.76. The van der Waals surface area contributed by atoms with Crippen molar-refractivity contribution < 1.29 is 8.42 Å². The van der Waals surface area contributed by atoms with E-state index in [-0.39, 0.29) is 0 Å². The van der Waals surface area contributed by atoms with Gasteiger partial charge in [-0.3, -0.25) is 4.98 Å². The Balaban J connectivity index is 1.92. The molecule has 2 aromatic heterocycles. The predicted molar refractivity (Wildman–Crippen MR) is 128 cm³/mol. The first-order valence-corrected chi connectivity index (χ1v) is 12.7. The number of nitrogens with zero attached hydrogens (tertiary/aromatic N) is 2. The molecule has 0 amide bonds.